The number of nitrogens with one attached hydrogen (secondary N) is 2. The average molecular weight is 348 g/mol. The van der Waals surface area contributed by atoms with Gasteiger partial charge in [0.15, 0.2) is 0 Å². The van der Waals surface area contributed by atoms with Crippen LogP contribution in [-0.2, 0) is 4.79 Å². The number of halogens is 2. The fourth-order valence-corrected chi connectivity index (χ4v) is 2.20. The maximum Gasteiger partial charge on any atom is 0.252 e. The van der Waals surface area contributed by atoms with Crippen LogP contribution in [-0.4, -0.2) is 24.9 Å². The second-order valence-electron chi connectivity index (χ2n) is 4.33. The van der Waals surface area contributed by atoms with E-state index in [1.807, 2.05) is 13.8 Å². The molecule has 1 rings (SSSR count). The highest BCUT2D eigenvalue weighted by Crippen LogP contribution is 2.21. The van der Waals surface area contributed by atoms with Crippen molar-refractivity contribution in [3.05, 3.63) is 33.3 Å². The van der Waals surface area contributed by atoms with Gasteiger partial charge in [0.2, 0.25) is 5.91 Å². The molecule has 0 aliphatic rings. The smallest absolute Gasteiger partial charge is 0.252 e. The monoisotopic (exact) mass is 346 g/mol. The zero-order valence-electron chi connectivity index (χ0n) is 10.8. The van der Waals surface area contributed by atoms with Crippen molar-refractivity contribution in [3.8, 4) is 0 Å². The number of hydrogen-bond acceptors (Lipinski definition) is 2. The Balaban J connectivity index is 2.41. The molecule has 0 saturated carbocycles. The summed E-state index contributed by atoms with van der Waals surface area (Å²) in [5, 5.41) is 6.02. The molecule has 0 aliphatic carbocycles. The third-order valence-corrected chi connectivity index (χ3v) is 3.30. The molecular formula is C13H16BrClN2O2. The van der Waals surface area contributed by atoms with Crippen molar-refractivity contribution in [1.82, 2.24) is 10.6 Å². The van der Waals surface area contributed by atoms with Crippen molar-refractivity contribution < 1.29 is 9.59 Å². The molecule has 0 spiro atoms. The van der Waals surface area contributed by atoms with Gasteiger partial charge in [0, 0.05) is 28.5 Å². The standard InChI is InChI=1S/C13H16BrClN2O2/c1-8(2)12(18)16-5-6-17-13(19)10-4-3-9(15)7-11(10)14/h3-4,7-8H,5-6H2,1-2H3,(H,16,18)(H,17,19). The molecule has 0 bridgehead atoms. The Morgan fingerprint density at radius 3 is 2.47 bits per heavy atom. The van der Waals surface area contributed by atoms with Gasteiger partial charge in [-0.05, 0) is 34.1 Å². The van der Waals surface area contributed by atoms with Crippen LogP contribution in [0, 0.1) is 5.92 Å². The molecule has 1 aromatic carbocycles. The van der Waals surface area contributed by atoms with Crippen LogP contribution in [0.1, 0.15) is 24.2 Å². The highest BCUT2D eigenvalue weighted by molar-refractivity contribution is 9.10. The van der Waals surface area contributed by atoms with Crippen molar-refractivity contribution in [2.24, 2.45) is 5.92 Å². The number of rotatable bonds is 5. The lowest BCUT2D eigenvalue weighted by molar-refractivity contribution is -0.123. The van der Waals surface area contributed by atoms with Gasteiger partial charge in [0.05, 0.1) is 5.56 Å². The molecule has 19 heavy (non-hydrogen) atoms. The molecule has 1 aromatic rings. The molecule has 0 heterocycles. The Morgan fingerprint density at radius 1 is 1.26 bits per heavy atom. The van der Waals surface area contributed by atoms with Crippen LogP contribution in [0.2, 0.25) is 5.02 Å². The molecule has 2 amide bonds. The molecule has 0 aromatic heterocycles. The van der Waals surface area contributed by atoms with Crippen LogP contribution < -0.4 is 10.6 Å². The molecule has 0 aliphatic heterocycles. The summed E-state index contributed by atoms with van der Waals surface area (Å²) in [6, 6.07) is 4.97. The minimum atomic E-state index is -0.206. The zero-order chi connectivity index (χ0) is 14.4. The Bertz CT molecular complexity index is 478. The maximum atomic E-state index is 11.9. The Kier molecular flexibility index (Phi) is 6.31. The van der Waals surface area contributed by atoms with E-state index in [1.165, 1.54) is 0 Å². The van der Waals surface area contributed by atoms with E-state index in [0.29, 0.717) is 28.1 Å². The molecule has 2 N–H and O–H groups in total. The van der Waals surface area contributed by atoms with E-state index in [2.05, 4.69) is 26.6 Å². The molecular weight excluding hydrogens is 332 g/mol. The third kappa shape index (κ3) is 5.20. The number of carbonyl (C=O) groups excluding carboxylic acids is 2. The van der Waals surface area contributed by atoms with Crippen LogP contribution >= 0.6 is 27.5 Å². The third-order valence-electron chi connectivity index (χ3n) is 2.41. The Labute approximate surface area is 126 Å². The van der Waals surface area contributed by atoms with Gasteiger partial charge >= 0.3 is 0 Å². The van der Waals surface area contributed by atoms with E-state index in [4.69, 9.17) is 11.6 Å². The van der Waals surface area contributed by atoms with E-state index in [0.717, 1.165) is 0 Å². The minimum absolute atomic E-state index is 0.0260. The van der Waals surface area contributed by atoms with Gasteiger partial charge in [-0.25, -0.2) is 0 Å². The van der Waals surface area contributed by atoms with Crippen LogP contribution in [0.15, 0.2) is 22.7 Å². The van der Waals surface area contributed by atoms with Crippen LogP contribution in [0.25, 0.3) is 0 Å². The number of hydrogen-bond donors (Lipinski definition) is 2. The minimum Gasteiger partial charge on any atom is -0.354 e. The summed E-state index contributed by atoms with van der Waals surface area (Å²) in [6.07, 6.45) is 0. The van der Waals surface area contributed by atoms with Crippen LogP contribution in [0.3, 0.4) is 0 Å². The van der Waals surface area contributed by atoms with Gasteiger partial charge in [-0.2, -0.15) is 0 Å². The first-order valence-electron chi connectivity index (χ1n) is 5.92. The van der Waals surface area contributed by atoms with E-state index >= 15 is 0 Å². The predicted octanol–water partition coefficient (Wildman–Crippen LogP) is 2.60. The summed E-state index contributed by atoms with van der Waals surface area (Å²) in [5.74, 6) is -0.287. The maximum absolute atomic E-state index is 11.9. The van der Waals surface area contributed by atoms with Crippen molar-refractivity contribution in [2.45, 2.75) is 13.8 Å². The summed E-state index contributed by atoms with van der Waals surface area (Å²) in [6.45, 7) is 4.43. The molecule has 0 unspecified atom stereocenters. The zero-order valence-corrected chi connectivity index (χ0v) is 13.1. The van der Waals surface area contributed by atoms with Gasteiger partial charge < -0.3 is 10.6 Å². The SMILES string of the molecule is CC(C)C(=O)NCCNC(=O)c1ccc(Cl)cc1Br. The van der Waals surface area contributed by atoms with Gasteiger partial charge in [-0.15, -0.1) is 0 Å². The number of amides is 2. The summed E-state index contributed by atoms with van der Waals surface area (Å²) >= 11 is 9.09. The van der Waals surface area contributed by atoms with E-state index < -0.39 is 0 Å². The van der Waals surface area contributed by atoms with Crippen LogP contribution in [0.5, 0.6) is 0 Å². The fourth-order valence-electron chi connectivity index (χ4n) is 1.33. The lowest BCUT2D eigenvalue weighted by Gasteiger charge is -2.09. The summed E-state index contributed by atoms with van der Waals surface area (Å²) in [4.78, 5) is 23.2. The molecule has 0 fully saturated rings. The first-order chi connectivity index (χ1) is 8.91. The van der Waals surface area contributed by atoms with Crippen LogP contribution in [0.4, 0.5) is 0 Å². The summed E-state index contributed by atoms with van der Waals surface area (Å²) in [7, 11) is 0. The molecule has 4 nitrogen and oxygen atoms in total. The Morgan fingerprint density at radius 2 is 1.89 bits per heavy atom. The number of benzene rings is 1. The predicted molar refractivity (Wildman–Crippen MR) is 79.3 cm³/mol. The number of carbonyl (C=O) groups is 2. The van der Waals surface area contributed by atoms with E-state index in [9.17, 15) is 9.59 Å². The van der Waals surface area contributed by atoms with Crippen molar-refractivity contribution in [3.63, 3.8) is 0 Å². The first-order valence-corrected chi connectivity index (χ1v) is 7.10. The van der Waals surface area contributed by atoms with Gasteiger partial charge in [-0.3, -0.25) is 9.59 Å². The quantitative estimate of drug-likeness (QED) is 0.804. The largest absolute Gasteiger partial charge is 0.354 e. The molecule has 6 heteroatoms. The van der Waals surface area contributed by atoms with E-state index in [-0.39, 0.29) is 17.7 Å². The highest BCUT2D eigenvalue weighted by atomic mass is 79.9. The highest BCUT2D eigenvalue weighted by Gasteiger charge is 2.10. The molecule has 0 radical (unpaired) electrons. The van der Waals surface area contributed by atoms with Gasteiger partial charge in [0.1, 0.15) is 0 Å². The lowest BCUT2D eigenvalue weighted by Crippen LogP contribution is -2.36. The first kappa shape index (κ1) is 16.0. The molecule has 0 atom stereocenters. The second-order valence-corrected chi connectivity index (χ2v) is 5.62. The summed E-state index contributed by atoms with van der Waals surface area (Å²) < 4.78 is 0.642. The van der Waals surface area contributed by atoms with Gasteiger partial charge in [-0.1, -0.05) is 25.4 Å². The van der Waals surface area contributed by atoms with Crippen molar-refractivity contribution in [1.29, 1.82) is 0 Å². The Hall–Kier alpha value is -1.07. The van der Waals surface area contributed by atoms with E-state index in [1.54, 1.807) is 18.2 Å². The fraction of sp³-hybridized carbons (Fsp3) is 0.385. The second kappa shape index (κ2) is 7.50. The van der Waals surface area contributed by atoms with Gasteiger partial charge in [0.25, 0.3) is 5.91 Å². The topological polar surface area (TPSA) is 58.2 Å². The van der Waals surface area contributed by atoms with Crippen molar-refractivity contribution in [2.75, 3.05) is 13.1 Å². The average Bonchev–Trinajstić information content (AvgIpc) is 2.33. The summed E-state index contributed by atoms with van der Waals surface area (Å²) in [5.41, 5.74) is 0.514. The molecule has 104 valence electrons. The van der Waals surface area contributed by atoms with Crippen molar-refractivity contribution >= 4 is 39.3 Å². The molecule has 0 saturated heterocycles. The normalized spacial score (nSPS) is 10.4. The lowest BCUT2D eigenvalue weighted by atomic mass is 10.2.